The van der Waals surface area contributed by atoms with Crippen molar-refractivity contribution in [2.45, 2.75) is 24.0 Å². The molecule has 0 unspecified atom stereocenters. The summed E-state index contributed by atoms with van der Waals surface area (Å²) in [4.78, 5) is 24.1. The molecule has 0 fully saturated rings. The second kappa shape index (κ2) is 7.66. The predicted octanol–water partition coefficient (Wildman–Crippen LogP) is 3.76. The van der Waals surface area contributed by atoms with Crippen LogP contribution in [0.3, 0.4) is 0 Å². The summed E-state index contributed by atoms with van der Waals surface area (Å²) in [7, 11) is 0. The lowest BCUT2D eigenvalue weighted by Gasteiger charge is -2.12. The van der Waals surface area contributed by atoms with Crippen molar-refractivity contribution in [2.75, 3.05) is 10.6 Å². The van der Waals surface area contributed by atoms with Gasteiger partial charge in [0.2, 0.25) is 11.8 Å². The van der Waals surface area contributed by atoms with Crippen molar-refractivity contribution >= 4 is 35.0 Å². The minimum atomic E-state index is -0.216. The first kappa shape index (κ1) is 16.1. The van der Waals surface area contributed by atoms with Crippen LogP contribution in [0.4, 0.5) is 11.4 Å². The maximum absolute atomic E-state index is 12.1. The van der Waals surface area contributed by atoms with Gasteiger partial charge in [-0.3, -0.25) is 9.59 Å². The molecule has 0 aliphatic carbocycles. The maximum atomic E-state index is 12.1. The largest absolute Gasteiger partial charge is 0.326 e. The zero-order valence-electron chi connectivity index (χ0n) is 12.5. The fraction of sp³-hybridized carbons (Fsp3) is 0.176. The van der Waals surface area contributed by atoms with Gasteiger partial charge < -0.3 is 10.6 Å². The summed E-state index contributed by atoms with van der Waals surface area (Å²) in [6.45, 7) is 3.34. The first-order valence-electron chi connectivity index (χ1n) is 6.95. The van der Waals surface area contributed by atoms with Gasteiger partial charge >= 0.3 is 0 Å². The molecule has 114 valence electrons. The second-order valence-corrected chi connectivity index (χ2v) is 6.24. The predicted molar refractivity (Wildman–Crippen MR) is 91.1 cm³/mol. The van der Waals surface area contributed by atoms with Gasteiger partial charge in [-0.2, -0.15) is 0 Å². The van der Waals surface area contributed by atoms with E-state index in [4.69, 9.17) is 0 Å². The Morgan fingerprint density at radius 1 is 0.909 bits per heavy atom. The van der Waals surface area contributed by atoms with E-state index in [1.54, 1.807) is 0 Å². The smallest absolute Gasteiger partial charge is 0.237 e. The minimum absolute atomic E-state index is 0.0397. The number of hydrogen-bond acceptors (Lipinski definition) is 3. The van der Waals surface area contributed by atoms with Crippen molar-refractivity contribution in [1.82, 2.24) is 0 Å². The first-order valence-corrected chi connectivity index (χ1v) is 7.83. The van der Waals surface area contributed by atoms with Crippen molar-refractivity contribution in [3.63, 3.8) is 0 Å². The summed E-state index contributed by atoms with van der Waals surface area (Å²) < 4.78 is 0. The fourth-order valence-corrected chi connectivity index (χ4v) is 2.71. The molecule has 22 heavy (non-hydrogen) atoms. The number of amides is 2. The quantitative estimate of drug-likeness (QED) is 0.826. The van der Waals surface area contributed by atoms with E-state index >= 15 is 0 Å². The number of benzene rings is 2. The molecule has 2 N–H and O–H groups in total. The van der Waals surface area contributed by atoms with Crippen LogP contribution >= 0.6 is 11.8 Å². The number of rotatable bonds is 5. The van der Waals surface area contributed by atoms with Gasteiger partial charge in [-0.15, -0.1) is 11.8 Å². The van der Waals surface area contributed by atoms with E-state index in [9.17, 15) is 9.59 Å². The van der Waals surface area contributed by atoms with Crippen LogP contribution < -0.4 is 10.6 Å². The maximum Gasteiger partial charge on any atom is 0.237 e. The number of hydrogen-bond donors (Lipinski definition) is 2. The number of thioether (sulfide) groups is 1. The van der Waals surface area contributed by atoms with Crippen molar-refractivity contribution in [2.24, 2.45) is 0 Å². The summed E-state index contributed by atoms with van der Waals surface area (Å²) >= 11 is 1.47. The van der Waals surface area contributed by atoms with Gasteiger partial charge in [-0.1, -0.05) is 18.2 Å². The highest BCUT2D eigenvalue weighted by Gasteiger charge is 2.14. The molecular formula is C17H18N2O2S. The van der Waals surface area contributed by atoms with E-state index in [2.05, 4.69) is 10.6 Å². The van der Waals surface area contributed by atoms with Gasteiger partial charge in [0.25, 0.3) is 0 Å². The lowest BCUT2D eigenvalue weighted by molar-refractivity contribution is -0.115. The van der Waals surface area contributed by atoms with E-state index in [0.29, 0.717) is 0 Å². The number of carbonyl (C=O) groups excluding carboxylic acids is 2. The molecule has 0 radical (unpaired) electrons. The highest BCUT2D eigenvalue weighted by atomic mass is 32.2. The molecule has 2 aromatic carbocycles. The summed E-state index contributed by atoms with van der Waals surface area (Å²) in [6.07, 6.45) is 0. The monoisotopic (exact) mass is 314 g/mol. The molecule has 4 nitrogen and oxygen atoms in total. The Kier molecular flexibility index (Phi) is 5.61. The van der Waals surface area contributed by atoms with Crippen LogP contribution in [-0.2, 0) is 9.59 Å². The second-order valence-electron chi connectivity index (χ2n) is 4.82. The zero-order chi connectivity index (χ0) is 15.9. The molecule has 0 saturated carbocycles. The van der Waals surface area contributed by atoms with Crippen LogP contribution in [-0.4, -0.2) is 17.1 Å². The molecule has 0 saturated heterocycles. The SMILES string of the molecule is CC(=O)Nc1ccc(S[C@H](C)C(=O)Nc2ccccc2)cc1. The lowest BCUT2D eigenvalue weighted by Crippen LogP contribution is -2.22. The number of nitrogens with one attached hydrogen (secondary N) is 2. The third kappa shape index (κ3) is 4.93. The van der Waals surface area contributed by atoms with Gasteiger partial charge in [-0.25, -0.2) is 0 Å². The number of para-hydroxylation sites is 1. The van der Waals surface area contributed by atoms with Crippen molar-refractivity contribution in [3.05, 3.63) is 54.6 Å². The van der Waals surface area contributed by atoms with Crippen LogP contribution in [0.1, 0.15) is 13.8 Å². The Balaban J connectivity index is 1.92. The molecule has 0 aliphatic heterocycles. The molecule has 0 aromatic heterocycles. The van der Waals surface area contributed by atoms with Gasteiger partial charge in [-0.05, 0) is 43.3 Å². The third-order valence-electron chi connectivity index (χ3n) is 2.90. The third-order valence-corrected chi connectivity index (χ3v) is 4.01. The lowest BCUT2D eigenvalue weighted by atomic mass is 10.3. The molecule has 2 amide bonds. The van der Waals surface area contributed by atoms with E-state index < -0.39 is 0 Å². The average Bonchev–Trinajstić information content (AvgIpc) is 2.49. The van der Waals surface area contributed by atoms with Gasteiger partial charge in [0.15, 0.2) is 0 Å². The molecule has 2 aromatic rings. The summed E-state index contributed by atoms with van der Waals surface area (Å²) in [6, 6.07) is 16.8. The molecule has 2 rings (SSSR count). The summed E-state index contributed by atoms with van der Waals surface area (Å²) in [5.41, 5.74) is 1.54. The first-order chi connectivity index (χ1) is 10.5. The molecular weight excluding hydrogens is 296 g/mol. The van der Waals surface area contributed by atoms with Crippen LogP contribution in [0.5, 0.6) is 0 Å². The minimum Gasteiger partial charge on any atom is -0.326 e. The molecule has 0 heterocycles. The fourth-order valence-electron chi connectivity index (χ4n) is 1.84. The Labute approximate surface area is 134 Å². The van der Waals surface area contributed by atoms with Gasteiger partial charge in [0.1, 0.15) is 0 Å². The summed E-state index contributed by atoms with van der Waals surface area (Å²) in [5, 5.41) is 5.38. The molecule has 0 aliphatic rings. The van der Waals surface area contributed by atoms with Crippen molar-refractivity contribution < 1.29 is 9.59 Å². The van der Waals surface area contributed by atoms with Crippen LogP contribution in [0.15, 0.2) is 59.5 Å². The van der Waals surface area contributed by atoms with Crippen molar-refractivity contribution in [1.29, 1.82) is 0 Å². The topological polar surface area (TPSA) is 58.2 Å². The van der Waals surface area contributed by atoms with Crippen LogP contribution in [0.25, 0.3) is 0 Å². The molecule has 5 heteroatoms. The number of carbonyl (C=O) groups is 2. The Morgan fingerprint density at radius 2 is 1.50 bits per heavy atom. The van der Waals surface area contributed by atoms with E-state index in [1.165, 1.54) is 18.7 Å². The molecule has 0 bridgehead atoms. The van der Waals surface area contributed by atoms with Gasteiger partial charge in [0.05, 0.1) is 5.25 Å². The van der Waals surface area contributed by atoms with Crippen LogP contribution in [0, 0.1) is 0 Å². The zero-order valence-corrected chi connectivity index (χ0v) is 13.3. The Hall–Kier alpha value is -2.27. The van der Waals surface area contributed by atoms with Crippen molar-refractivity contribution in [3.8, 4) is 0 Å². The average molecular weight is 314 g/mol. The standard InChI is InChI=1S/C17H18N2O2S/c1-12(17(21)19-14-6-4-3-5-7-14)22-16-10-8-15(9-11-16)18-13(2)20/h3-12H,1-2H3,(H,18,20)(H,19,21)/t12-/m1/s1. The van der Waals surface area contributed by atoms with E-state index in [1.807, 2.05) is 61.5 Å². The van der Waals surface area contributed by atoms with E-state index in [0.717, 1.165) is 16.3 Å². The highest BCUT2D eigenvalue weighted by molar-refractivity contribution is 8.00. The molecule has 1 atom stereocenters. The highest BCUT2D eigenvalue weighted by Crippen LogP contribution is 2.25. The number of anilines is 2. The van der Waals surface area contributed by atoms with Crippen LogP contribution in [0.2, 0.25) is 0 Å². The summed E-state index contributed by atoms with van der Waals surface area (Å²) in [5.74, 6) is -0.141. The van der Waals surface area contributed by atoms with Gasteiger partial charge in [0, 0.05) is 23.2 Å². The normalized spacial score (nSPS) is 11.5. The molecule has 0 spiro atoms. The Morgan fingerprint density at radius 3 is 2.09 bits per heavy atom. The van der Waals surface area contributed by atoms with E-state index in [-0.39, 0.29) is 17.1 Å². The Bertz CT molecular complexity index is 641.